The molecule has 1 aromatic heterocycles. The van der Waals surface area contributed by atoms with Crippen LogP contribution in [0.15, 0.2) is 65.6 Å². The van der Waals surface area contributed by atoms with Crippen LogP contribution in [0, 0.1) is 0 Å². The van der Waals surface area contributed by atoms with Crippen molar-refractivity contribution < 1.29 is 17.9 Å². The third kappa shape index (κ3) is 4.55. The van der Waals surface area contributed by atoms with Gasteiger partial charge in [0.25, 0.3) is 15.9 Å². The number of ether oxygens (including phenoxy) is 1. The molecule has 3 rings (SSSR count). The van der Waals surface area contributed by atoms with Gasteiger partial charge in [-0.2, -0.15) is 0 Å². The van der Waals surface area contributed by atoms with E-state index in [-0.39, 0.29) is 17.1 Å². The average molecular weight is 451 g/mol. The molecule has 0 aliphatic heterocycles. The van der Waals surface area contributed by atoms with E-state index in [9.17, 15) is 13.2 Å². The van der Waals surface area contributed by atoms with Crippen LogP contribution in [0.25, 0.3) is 0 Å². The Hall–Kier alpha value is -2.55. The topological polar surface area (TPSA) is 75.7 Å². The average Bonchev–Trinajstić information content (AvgIpc) is 3.15. The number of benzene rings is 2. The quantitative estimate of drug-likeness (QED) is 0.556. The summed E-state index contributed by atoms with van der Waals surface area (Å²) in [5, 5.41) is 2.71. The molecule has 0 radical (unpaired) electrons. The Balaban J connectivity index is 1.98. The van der Waals surface area contributed by atoms with E-state index in [4.69, 9.17) is 16.3 Å². The van der Waals surface area contributed by atoms with E-state index in [1.165, 1.54) is 29.6 Å². The predicted molar refractivity (Wildman–Crippen MR) is 117 cm³/mol. The van der Waals surface area contributed by atoms with Gasteiger partial charge in [-0.15, -0.1) is 11.3 Å². The van der Waals surface area contributed by atoms with Gasteiger partial charge >= 0.3 is 0 Å². The third-order valence-corrected chi connectivity index (χ3v) is 7.26. The maximum Gasteiger partial charge on any atom is 0.265 e. The van der Waals surface area contributed by atoms with Crippen molar-refractivity contribution in [3.8, 4) is 5.75 Å². The van der Waals surface area contributed by atoms with Gasteiger partial charge in [-0.05, 0) is 49.4 Å². The predicted octanol–water partition coefficient (Wildman–Crippen LogP) is 4.88. The van der Waals surface area contributed by atoms with Crippen LogP contribution in [-0.4, -0.2) is 28.0 Å². The summed E-state index contributed by atoms with van der Waals surface area (Å²) in [5.41, 5.74) is 0.817. The minimum Gasteiger partial charge on any atom is -0.495 e. The molecule has 3 aromatic rings. The number of carbonyl (C=O) groups excluding carboxylic acids is 1. The number of anilines is 2. The number of rotatable bonds is 7. The SMILES string of the molecule is CCN(c1ccccc1)S(=O)(=O)c1ccc(OC)c(NC(=O)c2ccc(Cl)s2)c1. The van der Waals surface area contributed by atoms with Crippen LogP contribution in [0.1, 0.15) is 16.6 Å². The number of hydrogen-bond donors (Lipinski definition) is 1. The Morgan fingerprint density at radius 2 is 1.86 bits per heavy atom. The van der Waals surface area contributed by atoms with E-state index in [0.717, 1.165) is 11.3 Å². The zero-order valence-corrected chi connectivity index (χ0v) is 18.1. The van der Waals surface area contributed by atoms with Crippen molar-refractivity contribution in [1.82, 2.24) is 0 Å². The number of sulfonamides is 1. The molecule has 0 atom stereocenters. The number of halogens is 1. The maximum atomic E-state index is 13.2. The number of amides is 1. The molecule has 0 aliphatic rings. The minimum atomic E-state index is -3.84. The summed E-state index contributed by atoms with van der Waals surface area (Å²) in [5.74, 6) is -0.0483. The highest BCUT2D eigenvalue weighted by molar-refractivity contribution is 7.92. The number of thiophene rings is 1. The first-order valence-electron chi connectivity index (χ1n) is 8.69. The molecule has 152 valence electrons. The Labute approximate surface area is 178 Å². The smallest absolute Gasteiger partial charge is 0.265 e. The van der Waals surface area contributed by atoms with E-state index in [0.29, 0.717) is 20.7 Å². The summed E-state index contributed by atoms with van der Waals surface area (Å²) in [6, 6.07) is 16.4. The second-order valence-corrected chi connectivity index (χ2v) is 9.50. The van der Waals surface area contributed by atoms with Gasteiger partial charge in [-0.1, -0.05) is 29.8 Å². The van der Waals surface area contributed by atoms with Crippen molar-refractivity contribution in [3.63, 3.8) is 0 Å². The monoisotopic (exact) mass is 450 g/mol. The molecule has 0 aliphatic carbocycles. The van der Waals surface area contributed by atoms with Gasteiger partial charge in [0.2, 0.25) is 0 Å². The lowest BCUT2D eigenvalue weighted by Crippen LogP contribution is -2.30. The van der Waals surface area contributed by atoms with Gasteiger partial charge in [-0.3, -0.25) is 9.10 Å². The number of nitrogens with zero attached hydrogens (tertiary/aromatic N) is 1. The van der Waals surface area contributed by atoms with E-state index in [2.05, 4.69) is 5.32 Å². The van der Waals surface area contributed by atoms with Crippen LogP contribution in [0.5, 0.6) is 5.75 Å². The van der Waals surface area contributed by atoms with Gasteiger partial charge in [0.05, 0.1) is 32.6 Å². The van der Waals surface area contributed by atoms with Crippen LogP contribution in [-0.2, 0) is 10.0 Å². The molecule has 0 spiro atoms. The third-order valence-electron chi connectivity index (χ3n) is 4.14. The molecular weight excluding hydrogens is 432 g/mol. The molecule has 6 nitrogen and oxygen atoms in total. The van der Waals surface area contributed by atoms with Crippen molar-refractivity contribution in [1.29, 1.82) is 0 Å². The zero-order valence-electron chi connectivity index (χ0n) is 15.8. The standard InChI is InChI=1S/C20H19ClN2O4S2/c1-3-23(14-7-5-4-6-8-14)29(25,26)15-9-10-17(27-2)16(13-15)22-20(24)18-11-12-19(21)28-18/h4-13H,3H2,1-2H3,(H,22,24). The Morgan fingerprint density at radius 1 is 1.14 bits per heavy atom. The Bertz CT molecular complexity index is 1110. The van der Waals surface area contributed by atoms with Crippen molar-refractivity contribution in [2.45, 2.75) is 11.8 Å². The molecule has 1 N–H and O–H groups in total. The van der Waals surface area contributed by atoms with E-state index >= 15 is 0 Å². The summed E-state index contributed by atoms with van der Waals surface area (Å²) in [4.78, 5) is 12.9. The number of methoxy groups -OCH3 is 1. The number of hydrogen-bond acceptors (Lipinski definition) is 5. The largest absolute Gasteiger partial charge is 0.495 e. The highest BCUT2D eigenvalue weighted by Gasteiger charge is 2.25. The minimum absolute atomic E-state index is 0.0449. The van der Waals surface area contributed by atoms with E-state index in [1.807, 2.05) is 6.07 Å². The van der Waals surface area contributed by atoms with Crippen LogP contribution >= 0.6 is 22.9 Å². The molecule has 1 heterocycles. The molecule has 0 unspecified atom stereocenters. The molecule has 29 heavy (non-hydrogen) atoms. The summed E-state index contributed by atoms with van der Waals surface area (Å²) in [6.45, 7) is 2.02. The Morgan fingerprint density at radius 3 is 2.45 bits per heavy atom. The first-order chi connectivity index (χ1) is 13.9. The normalized spacial score (nSPS) is 11.1. The van der Waals surface area contributed by atoms with Crippen molar-refractivity contribution in [2.24, 2.45) is 0 Å². The summed E-state index contributed by atoms with van der Waals surface area (Å²) in [6.07, 6.45) is 0. The fraction of sp³-hybridized carbons (Fsp3) is 0.150. The van der Waals surface area contributed by atoms with Gasteiger partial charge in [-0.25, -0.2) is 8.42 Å². The van der Waals surface area contributed by atoms with Gasteiger partial charge < -0.3 is 10.1 Å². The molecule has 0 saturated heterocycles. The Kier molecular flexibility index (Phi) is 6.46. The second kappa shape index (κ2) is 8.86. The van der Waals surface area contributed by atoms with Gasteiger partial charge in [0.1, 0.15) is 5.75 Å². The van der Waals surface area contributed by atoms with E-state index < -0.39 is 15.9 Å². The second-order valence-electron chi connectivity index (χ2n) is 5.93. The summed E-state index contributed by atoms with van der Waals surface area (Å²) < 4.78 is 33.5. The lowest BCUT2D eigenvalue weighted by molar-refractivity contribution is 0.103. The first-order valence-corrected chi connectivity index (χ1v) is 11.3. The molecule has 2 aromatic carbocycles. The van der Waals surface area contributed by atoms with Gasteiger partial charge in [0, 0.05) is 6.54 Å². The lowest BCUT2D eigenvalue weighted by atomic mass is 10.3. The van der Waals surface area contributed by atoms with E-state index in [1.54, 1.807) is 43.3 Å². The van der Waals surface area contributed by atoms with Gasteiger partial charge in [0.15, 0.2) is 0 Å². The van der Waals surface area contributed by atoms with Crippen molar-refractivity contribution in [2.75, 3.05) is 23.3 Å². The molecular formula is C20H19ClN2O4S2. The lowest BCUT2D eigenvalue weighted by Gasteiger charge is -2.23. The highest BCUT2D eigenvalue weighted by atomic mass is 35.5. The van der Waals surface area contributed by atoms with Crippen LogP contribution < -0.4 is 14.4 Å². The maximum absolute atomic E-state index is 13.2. The molecule has 1 amide bonds. The highest BCUT2D eigenvalue weighted by Crippen LogP contribution is 2.31. The fourth-order valence-corrected chi connectivity index (χ4v) is 5.22. The molecule has 0 fully saturated rings. The first kappa shape index (κ1) is 21.2. The van der Waals surface area contributed by atoms with Crippen LogP contribution in [0.4, 0.5) is 11.4 Å². The summed E-state index contributed by atoms with van der Waals surface area (Å²) >= 11 is 7.02. The molecule has 0 saturated carbocycles. The van der Waals surface area contributed by atoms with Crippen molar-refractivity contribution in [3.05, 3.63) is 69.9 Å². The van der Waals surface area contributed by atoms with Crippen LogP contribution in [0.3, 0.4) is 0 Å². The number of nitrogens with one attached hydrogen (secondary N) is 1. The van der Waals surface area contributed by atoms with Crippen LogP contribution in [0.2, 0.25) is 4.34 Å². The number of carbonyl (C=O) groups is 1. The molecule has 0 bridgehead atoms. The number of para-hydroxylation sites is 1. The zero-order chi connectivity index (χ0) is 21.0. The van der Waals surface area contributed by atoms with Crippen molar-refractivity contribution >= 4 is 50.2 Å². The fourth-order valence-electron chi connectivity index (χ4n) is 2.78. The summed E-state index contributed by atoms with van der Waals surface area (Å²) in [7, 11) is -2.39. The molecule has 9 heteroatoms.